The molecule has 1 heterocycles. The van der Waals surface area contributed by atoms with Gasteiger partial charge in [-0.05, 0) is 48.7 Å². The highest BCUT2D eigenvalue weighted by atomic mass is 32.2. The van der Waals surface area contributed by atoms with Gasteiger partial charge < -0.3 is 9.64 Å². The average molecular weight is 400 g/mol. The Hall–Kier alpha value is -2.60. The fourth-order valence-electron chi connectivity index (χ4n) is 3.11. The third-order valence-corrected chi connectivity index (χ3v) is 6.11. The van der Waals surface area contributed by atoms with Gasteiger partial charge >= 0.3 is 0 Å². The molecule has 0 saturated heterocycles. The maximum Gasteiger partial charge on any atom is 0.265 e. The Kier molecular flexibility index (Phi) is 5.89. The molecule has 0 N–H and O–H groups in total. The average Bonchev–Trinajstić information content (AvgIpc) is 3.01. The number of sulfone groups is 1. The van der Waals surface area contributed by atoms with Gasteiger partial charge in [-0.15, -0.1) is 0 Å². The van der Waals surface area contributed by atoms with Crippen molar-refractivity contribution in [3.05, 3.63) is 71.1 Å². The number of rotatable bonds is 6. The summed E-state index contributed by atoms with van der Waals surface area (Å²) in [5.41, 5.74) is 2.91. The van der Waals surface area contributed by atoms with Crippen LogP contribution < -0.4 is 9.64 Å². The molecule has 148 valence electrons. The Bertz CT molecular complexity index is 961. The first kappa shape index (κ1) is 20.1. The summed E-state index contributed by atoms with van der Waals surface area (Å²) in [6, 6.07) is 14.6. The number of nitrogens with zero attached hydrogens (tertiary/aromatic N) is 1. The number of benzene rings is 2. The van der Waals surface area contributed by atoms with Gasteiger partial charge in [-0.25, -0.2) is 8.42 Å². The van der Waals surface area contributed by atoms with Crippen LogP contribution in [-0.2, 0) is 14.6 Å². The van der Waals surface area contributed by atoms with Gasteiger partial charge in [0.2, 0.25) is 0 Å². The van der Waals surface area contributed by atoms with Crippen molar-refractivity contribution in [2.45, 2.75) is 32.7 Å². The number of carbonyl (C=O) groups is 1. The summed E-state index contributed by atoms with van der Waals surface area (Å²) in [7, 11) is -3.29. The summed E-state index contributed by atoms with van der Waals surface area (Å²) in [6.45, 7) is 6.02. The second kappa shape index (κ2) is 8.19. The fraction of sp³-hybridized carbons (Fsp3) is 0.318. The number of anilines is 1. The minimum atomic E-state index is -3.29. The van der Waals surface area contributed by atoms with Crippen molar-refractivity contribution in [2.24, 2.45) is 0 Å². The van der Waals surface area contributed by atoms with E-state index in [2.05, 4.69) is 13.8 Å². The number of aryl methyl sites for hydroxylation is 1. The summed E-state index contributed by atoms with van der Waals surface area (Å²) in [6.07, 6.45) is 1.56. The molecule has 1 aliphatic rings. The van der Waals surface area contributed by atoms with Crippen molar-refractivity contribution in [3.63, 3.8) is 0 Å². The largest absolute Gasteiger partial charge is 0.484 e. The van der Waals surface area contributed by atoms with Crippen LogP contribution in [0.15, 0.2) is 60.0 Å². The van der Waals surface area contributed by atoms with E-state index in [1.54, 1.807) is 6.08 Å². The smallest absolute Gasteiger partial charge is 0.265 e. The Balaban J connectivity index is 1.76. The predicted molar refractivity (Wildman–Crippen MR) is 111 cm³/mol. The van der Waals surface area contributed by atoms with Crippen LogP contribution >= 0.6 is 0 Å². The maximum absolute atomic E-state index is 12.9. The first-order valence-corrected chi connectivity index (χ1v) is 11.0. The molecule has 28 heavy (non-hydrogen) atoms. The van der Waals surface area contributed by atoms with Crippen LogP contribution in [0.1, 0.15) is 30.9 Å². The molecule has 0 spiro atoms. The third kappa shape index (κ3) is 4.81. The van der Waals surface area contributed by atoms with Crippen LogP contribution in [0.2, 0.25) is 0 Å². The highest BCUT2D eigenvalue weighted by molar-refractivity contribution is 7.94. The molecule has 0 aliphatic carbocycles. The van der Waals surface area contributed by atoms with Crippen LogP contribution in [0.5, 0.6) is 5.75 Å². The maximum atomic E-state index is 12.9. The number of amides is 1. The molecule has 1 aliphatic heterocycles. The van der Waals surface area contributed by atoms with Crippen LogP contribution in [0, 0.1) is 6.92 Å². The van der Waals surface area contributed by atoms with Crippen molar-refractivity contribution in [1.29, 1.82) is 0 Å². The molecule has 1 atom stereocenters. The zero-order valence-electron chi connectivity index (χ0n) is 16.3. The van der Waals surface area contributed by atoms with E-state index in [-0.39, 0.29) is 18.3 Å². The molecule has 0 bridgehead atoms. The molecule has 2 aromatic carbocycles. The quantitative estimate of drug-likeness (QED) is 0.740. The van der Waals surface area contributed by atoms with Gasteiger partial charge in [-0.3, -0.25) is 4.79 Å². The molecule has 3 rings (SSSR count). The molecule has 0 aromatic heterocycles. The second-order valence-electron chi connectivity index (χ2n) is 7.34. The zero-order chi connectivity index (χ0) is 20.3. The van der Waals surface area contributed by atoms with Crippen LogP contribution in [0.3, 0.4) is 0 Å². The van der Waals surface area contributed by atoms with Gasteiger partial charge in [0.1, 0.15) is 5.75 Å². The molecule has 1 amide bonds. The minimum absolute atomic E-state index is 0.115. The SMILES string of the molecule is Cc1ccc(N(C(=O)COc2ccc(C(C)C)cc2)[C@@H]2C=CS(=O)(=O)C2)cc1. The van der Waals surface area contributed by atoms with Gasteiger partial charge in [-0.1, -0.05) is 43.7 Å². The number of hydrogen-bond acceptors (Lipinski definition) is 4. The molecule has 0 fully saturated rings. The molecular formula is C22H25NO4S. The van der Waals surface area contributed by atoms with Crippen LogP contribution in [-0.4, -0.2) is 32.7 Å². The first-order valence-electron chi connectivity index (χ1n) is 9.27. The summed E-state index contributed by atoms with van der Waals surface area (Å²) in [5.74, 6) is 0.624. The van der Waals surface area contributed by atoms with Crippen LogP contribution in [0.25, 0.3) is 0 Å². The highest BCUT2D eigenvalue weighted by Gasteiger charge is 2.31. The highest BCUT2D eigenvalue weighted by Crippen LogP contribution is 2.24. The normalized spacial score (nSPS) is 17.6. The van der Waals surface area contributed by atoms with Crippen LogP contribution in [0.4, 0.5) is 5.69 Å². The minimum Gasteiger partial charge on any atom is -0.484 e. The lowest BCUT2D eigenvalue weighted by atomic mass is 10.0. The monoisotopic (exact) mass is 399 g/mol. The molecule has 0 radical (unpaired) electrons. The topological polar surface area (TPSA) is 63.7 Å². The first-order chi connectivity index (χ1) is 13.2. The van der Waals surface area contributed by atoms with E-state index in [4.69, 9.17) is 4.74 Å². The molecule has 2 aromatic rings. The van der Waals surface area contributed by atoms with Gasteiger partial charge in [0.25, 0.3) is 5.91 Å². The van der Waals surface area contributed by atoms with Gasteiger partial charge in [0, 0.05) is 11.1 Å². The number of ether oxygens (including phenoxy) is 1. The number of hydrogen-bond donors (Lipinski definition) is 0. The van der Waals surface area contributed by atoms with Gasteiger partial charge in [-0.2, -0.15) is 0 Å². The standard InChI is InChI=1S/C22H25NO4S/c1-16(2)18-6-10-21(11-7-18)27-14-22(24)23(19-8-4-17(3)5-9-19)20-12-13-28(25,26)15-20/h4-13,16,20H,14-15H2,1-3H3/t20-/m1/s1. The van der Waals surface area contributed by atoms with Crippen molar-refractivity contribution in [3.8, 4) is 5.75 Å². The zero-order valence-corrected chi connectivity index (χ0v) is 17.1. The second-order valence-corrected chi connectivity index (χ2v) is 9.27. The molecular weight excluding hydrogens is 374 g/mol. The van der Waals surface area contributed by atoms with Crippen molar-refractivity contribution < 1.29 is 17.9 Å². The Morgan fingerprint density at radius 1 is 1.11 bits per heavy atom. The fourth-order valence-corrected chi connectivity index (χ4v) is 4.38. The molecule has 0 unspecified atom stereocenters. The van der Waals surface area contributed by atoms with Crippen molar-refractivity contribution in [2.75, 3.05) is 17.3 Å². The molecule has 6 heteroatoms. The lowest BCUT2D eigenvalue weighted by Crippen LogP contribution is -2.43. The molecule has 0 saturated carbocycles. The Morgan fingerprint density at radius 2 is 1.75 bits per heavy atom. The summed E-state index contributed by atoms with van der Waals surface area (Å²) in [5, 5.41) is 1.18. The third-order valence-electron chi connectivity index (χ3n) is 4.73. The van der Waals surface area contributed by atoms with E-state index < -0.39 is 15.9 Å². The van der Waals surface area contributed by atoms with E-state index in [0.29, 0.717) is 17.4 Å². The van der Waals surface area contributed by atoms with E-state index >= 15 is 0 Å². The summed E-state index contributed by atoms with van der Waals surface area (Å²) >= 11 is 0. The van der Waals surface area contributed by atoms with Crippen molar-refractivity contribution in [1.82, 2.24) is 0 Å². The van der Waals surface area contributed by atoms with E-state index in [0.717, 1.165) is 5.56 Å². The predicted octanol–water partition coefficient (Wildman–Crippen LogP) is 3.84. The lowest BCUT2D eigenvalue weighted by Gasteiger charge is -2.27. The summed E-state index contributed by atoms with van der Waals surface area (Å²) in [4.78, 5) is 14.5. The summed E-state index contributed by atoms with van der Waals surface area (Å²) < 4.78 is 29.4. The number of carbonyl (C=O) groups excluding carboxylic acids is 1. The van der Waals surface area contributed by atoms with E-state index in [9.17, 15) is 13.2 Å². The van der Waals surface area contributed by atoms with Crippen molar-refractivity contribution >= 4 is 21.4 Å². The van der Waals surface area contributed by atoms with E-state index in [1.165, 1.54) is 15.9 Å². The lowest BCUT2D eigenvalue weighted by molar-refractivity contribution is -0.120. The Morgan fingerprint density at radius 3 is 2.29 bits per heavy atom. The molecule has 5 nitrogen and oxygen atoms in total. The van der Waals surface area contributed by atoms with Gasteiger partial charge in [0.15, 0.2) is 16.4 Å². The van der Waals surface area contributed by atoms with E-state index in [1.807, 2.05) is 55.5 Å². The Labute approximate surface area is 166 Å². The van der Waals surface area contributed by atoms with Gasteiger partial charge in [0.05, 0.1) is 11.8 Å².